The molecular weight excluding hydrogens is 713 g/mol. The third-order valence-electron chi connectivity index (χ3n) is 12.2. The Hall–Kier alpha value is -5.60. The molecule has 3 N–H and O–H groups in total. The number of anilines is 1. The van der Waals surface area contributed by atoms with E-state index in [0.29, 0.717) is 24.9 Å². The van der Waals surface area contributed by atoms with Gasteiger partial charge in [-0.2, -0.15) is 10.2 Å². The second-order valence-electron chi connectivity index (χ2n) is 16.3. The summed E-state index contributed by atoms with van der Waals surface area (Å²) in [6, 6.07) is 43.5. The first-order valence-electron chi connectivity index (χ1n) is 19.8. The Balaban J connectivity index is 1.42. The van der Waals surface area contributed by atoms with Gasteiger partial charge in [-0.1, -0.05) is 109 Å². The molecule has 0 aliphatic carbocycles. The molecule has 7 rings (SSSR count). The number of nitrogens with zero attached hydrogens (tertiary/aromatic N) is 4. The smallest absolute Gasteiger partial charge is 0.351 e. The van der Waals surface area contributed by atoms with E-state index in [-0.39, 0.29) is 17.3 Å². The normalized spacial score (nSPS) is 22.3. The number of rotatable bonds is 12. The maximum Gasteiger partial charge on any atom is 0.351 e. The Morgan fingerprint density at radius 3 is 1.98 bits per heavy atom. The molecule has 294 valence electrons. The van der Waals surface area contributed by atoms with Crippen LogP contribution >= 0.6 is 0 Å². The van der Waals surface area contributed by atoms with Crippen LogP contribution in [0.2, 0.25) is 0 Å². The number of likely N-dealkylation sites (tertiary alicyclic amines) is 1. The summed E-state index contributed by atoms with van der Waals surface area (Å²) in [5.74, 6) is -0.566. The molecule has 2 aliphatic rings. The van der Waals surface area contributed by atoms with Crippen molar-refractivity contribution in [2.45, 2.75) is 94.5 Å². The van der Waals surface area contributed by atoms with Crippen molar-refractivity contribution in [3.63, 3.8) is 0 Å². The molecule has 2 saturated heterocycles. The molecule has 10 nitrogen and oxygen atoms in total. The zero-order valence-electron chi connectivity index (χ0n) is 33.1. The quantitative estimate of drug-likeness (QED) is 0.0980. The zero-order chi connectivity index (χ0) is 40.2. The number of hydrogen-bond acceptors (Lipinski definition) is 9. The first-order valence-corrected chi connectivity index (χ1v) is 19.8. The standard InChI is InChI=1S/C47H52N6O4/c1-45(2)28-26-37(46(3,4)53(45)30-17-29-48)41(57-43(54)33-18-9-5-10-19-33)42-38(32-40(56-42)52-31-27-39(49)50-44(52)55)51-47(34-20-11-6-12-21-34,35-22-13-7-14-23-35)36-24-15-8-16-25-36/h5-16,18-25,27,31,37-38,40-42,51H,17,26,28,30,32H2,1-4H3,(H2,49,50,55)/t37?,38-,40+,41?,42-/m0/s1. The van der Waals surface area contributed by atoms with E-state index in [4.69, 9.17) is 15.2 Å². The van der Waals surface area contributed by atoms with E-state index in [1.54, 1.807) is 24.4 Å². The van der Waals surface area contributed by atoms with Crippen molar-refractivity contribution in [3.8, 4) is 6.07 Å². The van der Waals surface area contributed by atoms with Crippen LogP contribution in [0.5, 0.6) is 0 Å². The van der Waals surface area contributed by atoms with Gasteiger partial charge in [0.15, 0.2) is 0 Å². The summed E-state index contributed by atoms with van der Waals surface area (Å²) in [5.41, 5.74) is 7.24. The molecule has 2 aliphatic heterocycles. The predicted molar refractivity (Wildman–Crippen MR) is 221 cm³/mol. The van der Waals surface area contributed by atoms with Crippen LogP contribution in [-0.2, 0) is 15.0 Å². The lowest BCUT2D eigenvalue weighted by molar-refractivity contribution is -0.148. The van der Waals surface area contributed by atoms with Crippen molar-refractivity contribution in [3.05, 3.63) is 166 Å². The van der Waals surface area contributed by atoms with E-state index in [1.807, 2.05) is 72.8 Å². The Labute approximate surface area is 335 Å². The highest BCUT2D eigenvalue weighted by Gasteiger charge is 2.56. The number of aromatic nitrogens is 2. The maximum absolute atomic E-state index is 14.3. The number of carbonyl (C=O) groups excluding carboxylic acids is 1. The molecule has 0 bridgehead atoms. The summed E-state index contributed by atoms with van der Waals surface area (Å²) < 4.78 is 15.4. The average molecular weight is 765 g/mol. The number of hydrogen-bond donors (Lipinski definition) is 2. The Morgan fingerprint density at radius 2 is 1.46 bits per heavy atom. The van der Waals surface area contributed by atoms with Crippen LogP contribution in [0, 0.1) is 17.2 Å². The fourth-order valence-corrected chi connectivity index (χ4v) is 9.49. The average Bonchev–Trinajstić information content (AvgIpc) is 3.63. The van der Waals surface area contributed by atoms with E-state index in [2.05, 4.69) is 85.4 Å². The van der Waals surface area contributed by atoms with Gasteiger partial charge in [-0.05, 0) is 75.4 Å². The lowest BCUT2D eigenvalue weighted by atomic mass is 9.68. The van der Waals surface area contributed by atoms with Crippen molar-refractivity contribution < 1.29 is 14.3 Å². The van der Waals surface area contributed by atoms with Crippen LogP contribution in [0.25, 0.3) is 0 Å². The number of nitrogens with one attached hydrogen (secondary N) is 1. The molecule has 2 unspecified atom stereocenters. The van der Waals surface area contributed by atoms with Gasteiger partial charge in [0, 0.05) is 48.6 Å². The number of esters is 1. The first-order chi connectivity index (χ1) is 27.5. The van der Waals surface area contributed by atoms with Gasteiger partial charge in [0.05, 0.1) is 17.2 Å². The minimum absolute atomic E-state index is 0.121. The number of carbonyl (C=O) groups is 1. The number of nitrogens with two attached hydrogens (primary N) is 1. The minimum Gasteiger partial charge on any atom is -0.456 e. The van der Waals surface area contributed by atoms with Crippen LogP contribution in [0.3, 0.4) is 0 Å². The molecule has 5 atom stereocenters. The van der Waals surface area contributed by atoms with Gasteiger partial charge in [-0.15, -0.1) is 0 Å². The summed E-state index contributed by atoms with van der Waals surface area (Å²) >= 11 is 0. The van der Waals surface area contributed by atoms with Crippen LogP contribution in [0.1, 0.15) is 86.7 Å². The second-order valence-corrected chi connectivity index (χ2v) is 16.3. The summed E-state index contributed by atoms with van der Waals surface area (Å²) in [7, 11) is 0. The van der Waals surface area contributed by atoms with E-state index >= 15 is 0 Å². The van der Waals surface area contributed by atoms with Gasteiger partial charge in [-0.25, -0.2) is 9.59 Å². The van der Waals surface area contributed by atoms with Crippen LogP contribution < -0.4 is 16.7 Å². The SMILES string of the molecule is CC1(C)CCC(C(OC(=O)c2ccccc2)[C@H]2O[C@@H](n3ccc(N)nc3=O)C[C@@H]2NC(c2ccccc2)(c2ccccc2)c2ccccc2)C(C)(C)N1CCC#N. The monoisotopic (exact) mass is 764 g/mol. The third kappa shape index (κ3) is 7.88. The number of nitrogen functional groups attached to an aromatic ring is 1. The van der Waals surface area contributed by atoms with Crippen LogP contribution in [-0.4, -0.2) is 56.3 Å². The topological polar surface area (TPSA) is 136 Å². The number of ether oxygens (including phenoxy) is 2. The molecule has 3 heterocycles. The third-order valence-corrected chi connectivity index (χ3v) is 12.2. The summed E-state index contributed by atoms with van der Waals surface area (Å²) in [6.45, 7) is 9.37. The van der Waals surface area contributed by atoms with Gasteiger partial charge >= 0.3 is 11.7 Å². The van der Waals surface area contributed by atoms with Crippen LogP contribution in [0.15, 0.2) is 138 Å². The summed E-state index contributed by atoms with van der Waals surface area (Å²) in [6.07, 6.45) is 1.58. The predicted octanol–water partition coefficient (Wildman–Crippen LogP) is 7.47. The molecule has 0 radical (unpaired) electrons. The van der Waals surface area contributed by atoms with Crippen molar-refractivity contribution in [1.82, 2.24) is 19.8 Å². The van der Waals surface area contributed by atoms with Gasteiger partial charge in [-0.3, -0.25) is 14.8 Å². The maximum atomic E-state index is 14.3. The molecule has 57 heavy (non-hydrogen) atoms. The van der Waals surface area contributed by atoms with Crippen molar-refractivity contribution >= 4 is 11.8 Å². The highest BCUT2D eigenvalue weighted by molar-refractivity contribution is 5.89. The Bertz CT molecular complexity index is 2130. The van der Waals surface area contributed by atoms with E-state index in [1.165, 1.54) is 4.57 Å². The number of nitriles is 1. The lowest BCUT2D eigenvalue weighted by Crippen LogP contribution is -2.67. The largest absolute Gasteiger partial charge is 0.456 e. The highest BCUT2D eigenvalue weighted by Crippen LogP contribution is 2.48. The fraction of sp³-hybridized carbons (Fsp3) is 0.362. The summed E-state index contributed by atoms with van der Waals surface area (Å²) in [5, 5.41) is 13.9. The van der Waals surface area contributed by atoms with Crippen molar-refractivity contribution in [2.75, 3.05) is 12.3 Å². The highest BCUT2D eigenvalue weighted by atomic mass is 16.6. The van der Waals surface area contributed by atoms with Gasteiger partial charge in [0.25, 0.3) is 0 Å². The lowest BCUT2D eigenvalue weighted by Gasteiger charge is -2.58. The molecule has 0 spiro atoms. The molecule has 0 amide bonds. The molecule has 4 aromatic carbocycles. The molecule has 10 heteroatoms. The fourth-order valence-electron chi connectivity index (χ4n) is 9.49. The zero-order valence-corrected chi connectivity index (χ0v) is 33.1. The molecule has 0 saturated carbocycles. The molecular formula is C47H52N6O4. The summed E-state index contributed by atoms with van der Waals surface area (Å²) in [4.78, 5) is 34.3. The van der Waals surface area contributed by atoms with E-state index in [9.17, 15) is 14.9 Å². The minimum atomic E-state index is -0.897. The van der Waals surface area contributed by atoms with Gasteiger partial charge in [0.1, 0.15) is 24.3 Å². The van der Waals surface area contributed by atoms with Crippen molar-refractivity contribution in [1.29, 1.82) is 5.26 Å². The second kappa shape index (κ2) is 16.5. The first kappa shape index (κ1) is 39.6. The molecule has 5 aromatic rings. The number of benzene rings is 4. The van der Waals surface area contributed by atoms with E-state index < -0.39 is 47.2 Å². The Kier molecular flexibility index (Phi) is 11.5. The molecule has 2 fully saturated rings. The Morgan fingerprint density at radius 1 is 0.912 bits per heavy atom. The van der Waals surface area contributed by atoms with Crippen molar-refractivity contribution in [2.24, 2.45) is 5.92 Å². The van der Waals surface area contributed by atoms with Gasteiger partial charge in [0.2, 0.25) is 0 Å². The van der Waals surface area contributed by atoms with Gasteiger partial charge < -0.3 is 15.2 Å². The van der Waals surface area contributed by atoms with Crippen LogP contribution in [0.4, 0.5) is 5.82 Å². The van der Waals surface area contributed by atoms with E-state index in [0.717, 1.165) is 29.5 Å². The molecule has 1 aromatic heterocycles. The number of piperidine rings is 1.